The van der Waals surface area contributed by atoms with E-state index in [1.165, 1.54) is 43.4 Å². The quantitative estimate of drug-likeness (QED) is 0.756. The number of hydrogen-bond donors (Lipinski definition) is 1. The van der Waals surface area contributed by atoms with Crippen LogP contribution in [-0.2, 0) is 0 Å². The monoisotopic (exact) mass is 297 g/mol. The van der Waals surface area contributed by atoms with Gasteiger partial charge in [-0.25, -0.2) is 0 Å². The minimum Gasteiger partial charge on any atom is -0.313 e. The Morgan fingerprint density at radius 1 is 1.16 bits per heavy atom. The van der Waals surface area contributed by atoms with Gasteiger partial charge in [0.05, 0.1) is 0 Å². The van der Waals surface area contributed by atoms with E-state index in [1.54, 1.807) is 0 Å². The Hall–Kier alpha value is -0.180. The molecule has 1 N–H and O–H groups in total. The number of nitrogens with one attached hydrogen (secondary N) is 1. The van der Waals surface area contributed by atoms with Gasteiger partial charge in [-0.2, -0.15) is 0 Å². The lowest BCUT2D eigenvalue weighted by Gasteiger charge is -2.25. The van der Waals surface area contributed by atoms with Gasteiger partial charge in [0.1, 0.15) is 0 Å². The van der Waals surface area contributed by atoms with Crippen LogP contribution in [0.25, 0.3) is 0 Å². The van der Waals surface area contributed by atoms with Crippen molar-refractivity contribution in [1.82, 2.24) is 5.32 Å². The highest BCUT2D eigenvalue weighted by molar-refractivity contribution is 8.00. The van der Waals surface area contributed by atoms with Crippen LogP contribution in [0.2, 0.25) is 5.02 Å². The molecule has 0 heterocycles. The van der Waals surface area contributed by atoms with E-state index in [4.69, 9.17) is 11.6 Å². The molecule has 0 radical (unpaired) electrons. The Kier molecular flexibility index (Phi) is 6.55. The highest BCUT2D eigenvalue weighted by Crippen LogP contribution is 2.33. The third-order valence-corrected chi connectivity index (χ3v) is 5.37. The first-order valence-electron chi connectivity index (χ1n) is 7.45. The molecule has 19 heavy (non-hydrogen) atoms. The largest absolute Gasteiger partial charge is 0.313 e. The molecule has 1 aromatic rings. The summed E-state index contributed by atoms with van der Waals surface area (Å²) < 4.78 is 0. The van der Waals surface area contributed by atoms with Crippen LogP contribution >= 0.6 is 23.4 Å². The maximum absolute atomic E-state index is 5.96. The molecule has 2 rings (SSSR count). The molecule has 106 valence electrons. The second-order valence-electron chi connectivity index (χ2n) is 5.31. The lowest BCUT2D eigenvalue weighted by Crippen LogP contribution is -2.37. The van der Waals surface area contributed by atoms with Gasteiger partial charge in [-0.15, -0.1) is 11.8 Å². The highest BCUT2D eigenvalue weighted by atomic mass is 35.5. The lowest BCUT2D eigenvalue weighted by molar-refractivity contribution is 0.470. The summed E-state index contributed by atoms with van der Waals surface area (Å²) in [6, 6.07) is 8.95. The van der Waals surface area contributed by atoms with Gasteiger partial charge in [-0.05, 0) is 50.1 Å². The maximum atomic E-state index is 5.96. The molecule has 0 amide bonds. The van der Waals surface area contributed by atoms with Crippen LogP contribution in [0, 0.1) is 0 Å². The maximum Gasteiger partial charge on any atom is 0.0406 e. The van der Waals surface area contributed by atoms with Gasteiger partial charge in [0.2, 0.25) is 0 Å². The summed E-state index contributed by atoms with van der Waals surface area (Å²) in [6.07, 6.45) is 8.01. The van der Waals surface area contributed by atoms with E-state index in [1.807, 2.05) is 23.9 Å². The first-order chi connectivity index (χ1) is 9.29. The predicted molar refractivity (Wildman–Crippen MR) is 86.3 cm³/mol. The fourth-order valence-electron chi connectivity index (χ4n) is 2.67. The average molecular weight is 298 g/mol. The van der Waals surface area contributed by atoms with Crippen molar-refractivity contribution in [1.29, 1.82) is 0 Å². The van der Waals surface area contributed by atoms with Crippen molar-refractivity contribution < 1.29 is 0 Å². The number of thioether (sulfide) groups is 1. The minimum atomic E-state index is 0.670. The lowest BCUT2D eigenvalue weighted by atomic mass is 10.1. The molecule has 2 atom stereocenters. The van der Waals surface area contributed by atoms with E-state index in [-0.39, 0.29) is 0 Å². The summed E-state index contributed by atoms with van der Waals surface area (Å²) in [4.78, 5) is 1.35. The molecule has 1 nitrogen and oxygen atoms in total. The molecule has 3 heteroatoms. The summed E-state index contributed by atoms with van der Waals surface area (Å²) in [5, 5.41) is 5.27. The summed E-state index contributed by atoms with van der Waals surface area (Å²) in [5.41, 5.74) is 0. The Morgan fingerprint density at radius 3 is 2.63 bits per heavy atom. The third-order valence-electron chi connectivity index (χ3n) is 3.71. The van der Waals surface area contributed by atoms with Crippen LogP contribution in [-0.4, -0.2) is 17.8 Å². The predicted octanol–water partition coefficient (Wildman–Crippen LogP) is 5.13. The van der Waals surface area contributed by atoms with Gasteiger partial charge < -0.3 is 5.32 Å². The summed E-state index contributed by atoms with van der Waals surface area (Å²) in [7, 11) is 0. The topological polar surface area (TPSA) is 12.0 Å². The third kappa shape index (κ3) is 5.02. The second kappa shape index (κ2) is 8.18. The van der Waals surface area contributed by atoms with E-state index in [0.717, 1.165) is 11.6 Å². The molecule has 1 saturated carbocycles. The Labute approximate surface area is 126 Å². The smallest absolute Gasteiger partial charge is 0.0406 e. The van der Waals surface area contributed by atoms with Crippen molar-refractivity contribution in [3.63, 3.8) is 0 Å². The van der Waals surface area contributed by atoms with Crippen molar-refractivity contribution in [3.05, 3.63) is 29.3 Å². The number of halogens is 1. The molecular weight excluding hydrogens is 274 g/mol. The fraction of sp³-hybridized carbons (Fsp3) is 0.625. The zero-order chi connectivity index (χ0) is 13.5. The number of rotatable bonds is 5. The molecule has 1 fully saturated rings. The zero-order valence-corrected chi connectivity index (χ0v) is 13.3. The first kappa shape index (κ1) is 15.2. The number of benzene rings is 1. The van der Waals surface area contributed by atoms with Crippen molar-refractivity contribution >= 4 is 23.4 Å². The molecule has 1 aliphatic rings. The second-order valence-corrected chi connectivity index (χ2v) is 7.06. The molecular formula is C16H24ClNS. The summed E-state index contributed by atoms with van der Waals surface area (Å²) in [5.74, 6) is 0. The van der Waals surface area contributed by atoms with E-state index in [0.29, 0.717) is 11.3 Å². The van der Waals surface area contributed by atoms with Crippen LogP contribution in [0.5, 0.6) is 0 Å². The van der Waals surface area contributed by atoms with Gasteiger partial charge in [0.15, 0.2) is 0 Å². The molecule has 0 spiro atoms. The standard InChI is InChI=1S/C16H24ClNS/c1-2-12-18-15-6-4-3-5-7-16(15)19-14-10-8-13(17)9-11-14/h8-11,15-16,18H,2-7,12H2,1H3. The Balaban J connectivity index is 1.98. The highest BCUT2D eigenvalue weighted by Gasteiger charge is 2.23. The van der Waals surface area contributed by atoms with Crippen LogP contribution in [0.4, 0.5) is 0 Å². The van der Waals surface area contributed by atoms with Gasteiger partial charge in [-0.3, -0.25) is 0 Å². The zero-order valence-electron chi connectivity index (χ0n) is 11.7. The van der Waals surface area contributed by atoms with Crippen LogP contribution < -0.4 is 5.32 Å². The van der Waals surface area contributed by atoms with Gasteiger partial charge in [0.25, 0.3) is 0 Å². The molecule has 0 bridgehead atoms. The summed E-state index contributed by atoms with van der Waals surface area (Å²) in [6.45, 7) is 3.38. The molecule has 0 saturated heterocycles. The van der Waals surface area contributed by atoms with Crippen molar-refractivity contribution in [2.45, 2.75) is 61.6 Å². The Bertz CT molecular complexity index is 366. The molecule has 1 aliphatic carbocycles. The van der Waals surface area contributed by atoms with Gasteiger partial charge >= 0.3 is 0 Å². The van der Waals surface area contributed by atoms with Gasteiger partial charge in [0, 0.05) is 21.2 Å². The van der Waals surface area contributed by atoms with Crippen LogP contribution in [0.15, 0.2) is 29.2 Å². The van der Waals surface area contributed by atoms with Gasteiger partial charge in [-0.1, -0.05) is 37.8 Å². The van der Waals surface area contributed by atoms with E-state index < -0.39 is 0 Å². The van der Waals surface area contributed by atoms with E-state index >= 15 is 0 Å². The molecule has 1 aromatic carbocycles. The SMILES string of the molecule is CCCNC1CCCCCC1Sc1ccc(Cl)cc1. The van der Waals surface area contributed by atoms with Crippen molar-refractivity contribution in [3.8, 4) is 0 Å². The van der Waals surface area contributed by atoms with Crippen molar-refractivity contribution in [2.75, 3.05) is 6.54 Å². The van der Waals surface area contributed by atoms with Crippen LogP contribution in [0.1, 0.15) is 45.4 Å². The first-order valence-corrected chi connectivity index (χ1v) is 8.71. The molecule has 0 aromatic heterocycles. The normalized spacial score (nSPS) is 24.1. The van der Waals surface area contributed by atoms with E-state index in [2.05, 4.69) is 24.4 Å². The molecule has 2 unspecified atom stereocenters. The summed E-state index contributed by atoms with van der Waals surface area (Å²) >= 11 is 7.98. The number of hydrogen-bond acceptors (Lipinski definition) is 2. The average Bonchev–Trinajstić information content (AvgIpc) is 2.64. The Morgan fingerprint density at radius 2 is 1.89 bits per heavy atom. The minimum absolute atomic E-state index is 0.670. The fourth-order valence-corrected chi connectivity index (χ4v) is 4.12. The van der Waals surface area contributed by atoms with Crippen LogP contribution in [0.3, 0.4) is 0 Å². The van der Waals surface area contributed by atoms with Crippen molar-refractivity contribution in [2.24, 2.45) is 0 Å². The van der Waals surface area contributed by atoms with E-state index in [9.17, 15) is 0 Å². The molecule has 0 aliphatic heterocycles.